The number of hydrogen-bond donors (Lipinski definition) is 1. The van der Waals surface area contributed by atoms with Gasteiger partial charge in [-0.25, -0.2) is 13.1 Å². The quantitative estimate of drug-likeness (QED) is 0.683. The van der Waals surface area contributed by atoms with E-state index < -0.39 is 22.1 Å². The number of benzene rings is 2. The second-order valence-electron chi connectivity index (χ2n) is 5.92. The molecule has 10 heteroatoms. The maximum Gasteiger partial charge on any atom is 0.573 e. The molecule has 148 valence electrons. The molecule has 0 spiro atoms. The zero-order valence-corrected chi connectivity index (χ0v) is 15.7. The lowest BCUT2D eigenvalue weighted by Gasteiger charge is -2.12. The molecule has 0 unspecified atom stereocenters. The first-order chi connectivity index (χ1) is 13.1. The van der Waals surface area contributed by atoms with Gasteiger partial charge in [-0.05, 0) is 38.1 Å². The highest BCUT2D eigenvalue weighted by atomic mass is 32.2. The van der Waals surface area contributed by atoms with Gasteiger partial charge in [-0.1, -0.05) is 24.3 Å². The number of hydrogen-bond acceptors (Lipinski definition) is 4. The fraction of sp³-hybridized carbons (Fsp3) is 0.167. The largest absolute Gasteiger partial charge is 0.573 e. The highest BCUT2D eigenvalue weighted by Gasteiger charge is 2.31. The molecule has 0 saturated heterocycles. The van der Waals surface area contributed by atoms with Gasteiger partial charge in [0.15, 0.2) is 0 Å². The second-order valence-corrected chi connectivity index (χ2v) is 7.60. The zero-order chi connectivity index (χ0) is 20.5. The summed E-state index contributed by atoms with van der Waals surface area (Å²) in [5.41, 5.74) is 1.96. The Morgan fingerprint density at radius 3 is 2.36 bits per heavy atom. The molecule has 0 amide bonds. The van der Waals surface area contributed by atoms with Gasteiger partial charge in [0, 0.05) is 6.07 Å². The van der Waals surface area contributed by atoms with Crippen LogP contribution < -0.4 is 9.46 Å². The van der Waals surface area contributed by atoms with Crippen molar-refractivity contribution < 1.29 is 26.3 Å². The van der Waals surface area contributed by atoms with Crippen LogP contribution in [-0.4, -0.2) is 24.6 Å². The fourth-order valence-corrected chi connectivity index (χ4v) is 3.85. The lowest BCUT2D eigenvalue weighted by atomic mass is 10.3. The van der Waals surface area contributed by atoms with Gasteiger partial charge >= 0.3 is 6.36 Å². The maximum absolute atomic E-state index is 12.7. The minimum absolute atomic E-state index is 0.256. The van der Waals surface area contributed by atoms with Crippen molar-refractivity contribution in [2.24, 2.45) is 0 Å². The van der Waals surface area contributed by atoms with E-state index in [-0.39, 0.29) is 10.6 Å². The maximum atomic E-state index is 12.7. The van der Waals surface area contributed by atoms with Crippen molar-refractivity contribution in [3.63, 3.8) is 0 Å². The van der Waals surface area contributed by atoms with Crippen molar-refractivity contribution in [1.82, 2.24) is 9.78 Å². The minimum atomic E-state index is -4.92. The van der Waals surface area contributed by atoms with Gasteiger partial charge in [0.05, 0.1) is 27.7 Å². The van der Waals surface area contributed by atoms with Crippen molar-refractivity contribution in [3.8, 4) is 11.4 Å². The Balaban J connectivity index is 1.94. The van der Waals surface area contributed by atoms with Crippen LogP contribution in [0.1, 0.15) is 11.4 Å². The van der Waals surface area contributed by atoms with E-state index in [0.717, 1.165) is 17.8 Å². The van der Waals surface area contributed by atoms with Gasteiger partial charge in [0.25, 0.3) is 10.0 Å². The first-order valence-corrected chi connectivity index (χ1v) is 9.55. The van der Waals surface area contributed by atoms with Gasteiger partial charge in [0.2, 0.25) is 0 Å². The molecular formula is C18H16F3N3O3S. The molecule has 1 aromatic heterocycles. The Bertz CT molecular complexity index is 1090. The van der Waals surface area contributed by atoms with Gasteiger partial charge in [-0.2, -0.15) is 5.10 Å². The van der Waals surface area contributed by atoms with E-state index in [1.807, 2.05) is 30.3 Å². The van der Waals surface area contributed by atoms with Crippen LogP contribution >= 0.6 is 0 Å². The number of aromatic nitrogens is 2. The van der Waals surface area contributed by atoms with E-state index in [0.29, 0.717) is 11.4 Å². The normalized spacial score (nSPS) is 12.0. The Hall–Kier alpha value is -3.01. The predicted octanol–water partition coefficient (Wildman–Crippen LogP) is 4.19. The molecule has 3 rings (SSSR count). The number of aryl methyl sites for hydroxylation is 1. The topological polar surface area (TPSA) is 73.2 Å². The number of nitrogens with zero attached hydrogens (tertiary/aromatic N) is 2. The van der Waals surface area contributed by atoms with Crippen LogP contribution in [0.2, 0.25) is 0 Å². The number of anilines is 1. The Labute approximate surface area is 159 Å². The Morgan fingerprint density at radius 1 is 1.04 bits per heavy atom. The van der Waals surface area contributed by atoms with Crippen molar-refractivity contribution in [2.45, 2.75) is 25.1 Å². The number of rotatable bonds is 5. The fourth-order valence-electron chi connectivity index (χ4n) is 2.64. The summed E-state index contributed by atoms with van der Waals surface area (Å²) < 4.78 is 70.3. The van der Waals surface area contributed by atoms with Crippen LogP contribution in [0.25, 0.3) is 5.69 Å². The van der Waals surface area contributed by atoms with Crippen molar-refractivity contribution in [2.75, 3.05) is 4.72 Å². The first-order valence-electron chi connectivity index (χ1n) is 8.07. The molecule has 0 fully saturated rings. The van der Waals surface area contributed by atoms with Gasteiger partial charge in [-0.15, -0.1) is 13.2 Å². The average Bonchev–Trinajstić information content (AvgIpc) is 2.89. The number of nitrogens with one attached hydrogen (secondary N) is 1. The number of ether oxygens (including phenoxy) is 1. The van der Waals surface area contributed by atoms with Crippen molar-refractivity contribution >= 4 is 15.7 Å². The monoisotopic (exact) mass is 411 g/mol. The highest BCUT2D eigenvalue weighted by molar-refractivity contribution is 7.92. The summed E-state index contributed by atoms with van der Waals surface area (Å²) in [6, 6.07) is 13.3. The molecule has 0 aliphatic heterocycles. The van der Waals surface area contributed by atoms with Crippen LogP contribution in [0.15, 0.2) is 59.5 Å². The summed E-state index contributed by atoms with van der Waals surface area (Å²) in [6.45, 7) is 3.32. The zero-order valence-electron chi connectivity index (χ0n) is 14.9. The van der Waals surface area contributed by atoms with Crippen LogP contribution in [-0.2, 0) is 10.0 Å². The summed E-state index contributed by atoms with van der Waals surface area (Å²) in [4.78, 5) is -0.361. The molecule has 0 aliphatic rings. The van der Waals surface area contributed by atoms with Gasteiger partial charge < -0.3 is 4.74 Å². The molecule has 28 heavy (non-hydrogen) atoms. The summed E-state index contributed by atoms with van der Waals surface area (Å²) in [5.74, 6) is -0.621. The molecule has 0 bridgehead atoms. The third kappa shape index (κ3) is 4.28. The number of halogens is 3. The number of alkyl halides is 3. The molecule has 0 atom stereocenters. The van der Waals surface area contributed by atoms with Gasteiger partial charge in [-0.3, -0.25) is 4.72 Å². The molecule has 3 aromatic rings. The number of para-hydroxylation sites is 1. The van der Waals surface area contributed by atoms with E-state index in [2.05, 4.69) is 14.6 Å². The van der Waals surface area contributed by atoms with E-state index in [4.69, 9.17) is 0 Å². The summed E-state index contributed by atoms with van der Waals surface area (Å²) in [6.07, 6.45) is -4.92. The Kier molecular flexibility index (Phi) is 5.07. The van der Waals surface area contributed by atoms with E-state index in [1.165, 1.54) is 12.1 Å². The SMILES string of the molecule is Cc1nn(-c2ccccc2)c(C)c1NS(=O)(=O)c1cccc(OC(F)(F)F)c1. The van der Waals surface area contributed by atoms with Crippen LogP contribution in [0, 0.1) is 13.8 Å². The third-order valence-corrected chi connectivity index (χ3v) is 5.23. The van der Waals surface area contributed by atoms with Gasteiger partial charge in [0.1, 0.15) is 5.75 Å². The second kappa shape index (κ2) is 7.19. The number of sulfonamides is 1. The van der Waals surface area contributed by atoms with Crippen LogP contribution in [0.3, 0.4) is 0 Å². The molecule has 6 nitrogen and oxygen atoms in total. The lowest BCUT2D eigenvalue weighted by Crippen LogP contribution is -2.18. The predicted molar refractivity (Wildman–Crippen MR) is 97.0 cm³/mol. The van der Waals surface area contributed by atoms with Crippen LogP contribution in [0.4, 0.5) is 18.9 Å². The van der Waals surface area contributed by atoms with E-state index in [1.54, 1.807) is 18.5 Å². The van der Waals surface area contributed by atoms with Crippen molar-refractivity contribution in [3.05, 3.63) is 66.0 Å². The molecule has 0 radical (unpaired) electrons. The molecule has 1 heterocycles. The molecule has 0 aliphatic carbocycles. The average molecular weight is 411 g/mol. The smallest absolute Gasteiger partial charge is 0.406 e. The summed E-state index contributed by atoms with van der Waals surface area (Å²) in [5, 5.41) is 4.34. The highest BCUT2D eigenvalue weighted by Crippen LogP contribution is 2.28. The standard InChI is InChI=1S/C18H16F3N3O3S/c1-12-17(13(2)24(22-12)14-7-4-3-5-8-14)23-28(25,26)16-10-6-9-15(11-16)27-18(19,20)21/h3-11,23H,1-2H3. The molecule has 0 saturated carbocycles. The van der Waals surface area contributed by atoms with E-state index in [9.17, 15) is 21.6 Å². The molecular weight excluding hydrogens is 395 g/mol. The lowest BCUT2D eigenvalue weighted by molar-refractivity contribution is -0.274. The van der Waals surface area contributed by atoms with Crippen molar-refractivity contribution in [1.29, 1.82) is 0 Å². The Morgan fingerprint density at radius 2 is 1.71 bits per heavy atom. The molecule has 2 aromatic carbocycles. The van der Waals surface area contributed by atoms with Crippen LogP contribution in [0.5, 0.6) is 5.75 Å². The third-order valence-electron chi connectivity index (χ3n) is 3.88. The molecule has 1 N–H and O–H groups in total. The summed E-state index contributed by atoms with van der Waals surface area (Å²) in [7, 11) is -4.16. The first kappa shape index (κ1) is 19.7. The van der Waals surface area contributed by atoms with E-state index >= 15 is 0 Å². The summed E-state index contributed by atoms with van der Waals surface area (Å²) >= 11 is 0. The minimum Gasteiger partial charge on any atom is -0.406 e.